The lowest BCUT2D eigenvalue weighted by atomic mass is 10.0. The van der Waals surface area contributed by atoms with E-state index in [1.165, 1.54) is 19.3 Å². The van der Waals surface area contributed by atoms with Gasteiger partial charge in [0.15, 0.2) is 11.7 Å². The van der Waals surface area contributed by atoms with Crippen LogP contribution in [0.3, 0.4) is 0 Å². The fraction of sp³-hybridized carbons (Fsp3) is 0.533. The van der Waals surface area contributed by atoms with Crippen LogP contribution < -0.4 is 20.7 Å². The highest BCUT2D eigenvalue weighted by atomic mass is 32.1. The molecular weight excluding hydrogens is 284 g/mol. The first-order chi connectivity index (χ1) is 10.2. The van der Waals surface area contributed by atoms with E-state index in [0.29, 0.717) is 5.92 Å². The van der Waals surface area contributed by atoms with E-state index in [9.17, 15) is 0 Å². The average molecular weight is 309 g/mol. The van der Waals surface area contributed by atoms with Crippen molar-refractivity contribution in [2.45, 2.75) is 39.5 Å². The minimum absolute atomic E-state index is 0.151. The van der Waals surface area contributed by atoms with Crippen molar-refractivity contribution in [3.63, 3.8) is 0 Å². The Hall–Kier alpha value is -1.69. The van der Waals surface area contributed by atoms with Crippen molar-refractivity contribution in [3.05, 3.63) is 30.1 Å². The van der Waals surface area contributed by atoms with Gasteiger partial charge in [0.1, 0.15) is 0 Å². The van der Waals surface area contributed by atoms with E-state index in [1.807, 2.05) is 24.5 Å². The van der Waals surface area contributed by atoms with Crippen LogP contribution in [0.25, 0.3) is 0 Å². The van der Waals surface area contributed by atoms with Gasteiger partial charge in [-0.15, -0.1) is 0 Å². The Morgan fingerprint density at radius 2 is 2.19 bits per heavy atom. The zero-order chi connectivity index (χ0) is 15.5. The van der Waals surface area contributed by atoms with Crippen LogP contribution in [-0.2, 0) is 0 Å². The van der Waals surface area contributed by atoms with Crippen LogP contribution in [0.15, 0.2) is 29.6 Å². The van der Waals surface area contributed by atoms with Crippen LogP contribution in [0.1, 0.15) is 45.1 Å². The van der Waals surface area contributed by atoms with Gasteiger partial charge in [0, 0.05) is 22.4 Å². The summed E-state index contributed by atoms with van der Waals surface area (Å²) < 4.78 is 1.73. The topological polar surface area (TPSA) is 63.5 Å². The van der Waals surface area contributed by atoms with Gasteiger partial charge in [0.05, 0.1) is 6.21 Å². The van der Waals surface area contributed by atoms with Gasteiger partial charge in [-0.25, -0.2) is 0 Å². The summed E-state index contributed by atoms with van der Waals surface area (Å²) in [6.45, 7) is 5.18. The molecule has 1 aromatic rings. The lowest BCUT2D eigenvalue weighted by molar-refractivity contribution is -0.892. The maximum Gasteiger partial charge on any atom is 0.223 e. The van der Waals surface area contributed by atoms with Crippen molar-refractivity contribution in [1.82, 2.24) is 5.43 Å². The van der Waals surface area contributed by atoms with Gasteiger partial charge in [-0.1, -0.05) is 26.7 Å². The smallest absolute Gasteiger partial charge is 0.223 e. The Morgan fingerprint density at radius 3 is 2.76 bits per heavy atom. The lowest BCUT2D eigenvalue weighted by Gasteiger charge is -2.11. The van der Waals surface area contributed by atoms with Crippen LogP contribution in [0.5, 0.6) is 0 Å². The normalized spacial score (nSPS) is 12.3. The Labute approximate surface area is 132 Å². The van der Waals surface area contributed by atoms with Crippen LogP contribution in [0, 0.1) is 5.92 Å². The summed E-state index contributed by atoms with van der Waals surface area (Å²) in [5, 5.41) is 4.05. The van der Waals surface area contributed by atoms with E-state index >= 15 is 0 Å². The van der Waals surface area contributed by atoms with Crippen molar-refractivity contribution in [2.75, 3.05) is 6.61 Å². The molecule has 1 aromatic heterocycles. The number of hydrogen-bond donors (Lipinski definition) is 2. The number of thiocarbonyl (C=S) groups is 1. The molecule has 0 saturated heterocycles. The summed E-state index contributed by atoms with van der Waals surface area (Å²) in [7, 11) is 0. The molecule has 0 bridgehead atoms. The quantitative estimate of drug-likeness (QED) is 0.316. The van der Waals surface area contributed by atoms with E-state index in [4.69, 9.17) is 10.6 Å². The van der Waals surface area contributed by atoms with Crippen molar-refractivity contribution in [3.8, 4) is 0 Å². The molecule has 0 aliphatic rings. The van der Waals surface area contributed by atoms with Gasteiger partial charge < -0.3 is 5.73 Å². The predicted molar refractivity (Wildman–Crippen MR) is 88.9 cm³/mol. The van der Waals surface area contributed by atoms with Crippen molar-refractivity contribution < 1.29 is 9.57 Å². The van der Waals surface area contributed by atoms with Gasteiger partial charge in [-0.05, 0) is 31.0 Å². The lowest BCUT2D eigenvalue weighted by Crippen LogP contribution is -2.44. The molecule has 6 heteroatoms. The summed E-state index contributed by atoms with van der Waals surface area (Å²) in [6, 6.07) is 3.83. The number of aromatic nitrogens is 1. The molecular formula is C15H25N4OS+. The number of nitrogens with one attached hydrogen (secondary N) is 1. The molecule has 0 radical (unpaired) electrons. The number of pyridine rings is 1. The third-order valence-corrected chi connectivity index (χ3v) is 3.31. The van der Waals surface area contributed by atoms with Gasteiger partial charge in [0.25, 0.3) is 0 Å². The van der Waals surface area contributed by atoms with E-state index in [0.717, 1.165) is 18.6 Å². The molecule has 116 valence electrons. The second kappa shape index (κ2) is 10.1. The molecule has 1 heterocycles. The Balaban J connectivity index is 2.43. The number of hydrogen-bond acceptors (Lipinski definition) is 3. The van der Waals surface area contributed by atoms with E-state index in [2.05, 4.69) is 36.6 Å². The Bertz CT molecular complexity index is 447. The number of nitrogens with zero attached hydrogens (tertiary/aromatic N) is 2. The SMILES string of the molecule is CCCCC(CC)CO[n+]1ccc(/C=N/NC(N)=S)cc1. The summed E-state index contributed by atoms with van der Waals surface area (Å²) >= 11 is 4.66. The Kier molecular flexibility index (Phi) is 8.35. The summed E-state index contributed by atoms with van der Waals surface area (Å²) in [5.41, 5.74) is 8.74. The zero-order valence-corrected chi connectivity index (χ0v) is 13.6. The molecule has 1 unspecified atom stereocenters. The van der Waals surface area contributed by atoms with Crippen LogP contribution >= 0.6 is 12.2 Å². The molecule has 21 heavy (non-hydrogen) atoms. The molecule has 0 aromatic carbocycles. The summed E-state index contributed by atoms with van der Waals surface area (Å²) in [6.07, 6.45) is 10.3. The predicted octanol–water partition coefficient (Wildman–Crippen LogP) is 1.79. The minimum Gasteiger partial charge on any atom is -0.375 e. The van der Waals surface area contributed by atoms with E-state index in [1.54, 1.807) is 10.9 Å². The first-order valence-electron chi connectivity index (χ1n) is 7.38. The highest BCUT2D eigenvalue weighted by Crippen LogP contribution is 2.11. The average Bonchev–Trinajstić information content (AvgIpc) is 2.48. The highest BCUT2D eigenvalue weighted by Gasteiger charge is 2.10. The zero-order valence-electron chi connectivity index (χ0n) is 12.8. The van der Waals surface area contributed by atoms with Crippen molar-refractivity contribution >= 4 is 23.5 Å². The monoisotopic (exact) mass is 309 g/mol. The molecule has 0 fully saturated rings. The summed E-state index contributed by atoms with van der Waals surface area (Å²) in [5.74, 6) is 0.619. The van der Waals surface area contributed by atoms with Crippen molar-refractivity contribution in [1.29, 1.82) is 0 Å². The maximum atomic E-state index is 5.77. The van der Waals surface area contributed by atoms with E-state index in [-0.39, 0.29) is 5.11 Å². The number of unbranched alkanes of at least 4 members (excludes halogenated alkanes) is 1. The van der Waals surface area contributed by atoms with Crippen LogP contribution in [0.4, 0.5) is 0 Å². The molecule has 0 amide bonds. The fourth-order valence-electron chi connectivity index (χ4n) is 1.86. The molecule has 0 aliphatic carbocycles. The van der Waals surface area contributed by atoms with Gasteiger partial charge in [-0.2, -0.15) is 5.10 Å². The number of hydrazone groups is 1. The van der Waals surface area contributed by atoms with E-state index < -0.39 is 0 Å². The first-order valence-corrected chi connectivity index (χ1v) is 7.79. The van der Waals surface area contributed by atoms with Crippen LogP contribution in [0.2, 0.25) is 0 Å². The van der Waals surface area contributed by atoms with Gasteiger partial charge >= 0.3 is 0 Å². The standard InChI is InChI=1S/C15H24N4OS/c1-3-5-6-13(4-2)12-20-19-9-7-14(8-10-19)11-17-18-15(16)21/h7-11,13H,3-6,12H2,1-2H3,(H2,16,21)/p+1. The minimum atomic E-state index is 0.151. The van der Waals surface area contributed by atoms with Gasteiger partial charge in [-0.3, -0.25) is 10.3 Å². The third kappa shape index (κ3) is 7.60. The second-order valence-corrected chi connectivity index (χ2v) is 5.38. The Morgan fingerprint density at radius 1 is 1.48 bits per heavy atom. The first kappa shape index (κ1) is 17.4. The number of rotatable bonds is 9. The highest BCUT2D eigenvalue weighted by molar-refractivity contribution is 7.80. The molecule has 5 nitrogen and oxygen atoms in total. The molecule has 3 N–H and O–H groups in total. The van der Waals surface area contributed by atoms with Gasteiger partial charge in [0.2, 0.25) is 12.4 Å². The van der Waals surface area contributed by atoms with Crippen molar-refractivity contribution in [2.24, 2.45) is 16.8 Å². The molecule has 0 aliphatic heterocycles. The fourth-order valence-corrected chi connectivity index (χ4v) is 1.91. The van der Waals surface area contributed by atoms with Crippen LogP contribution in [-0.4, -0.2) is 17.9 Å². The maximum absolute atomic E-state index is 5.77. The molecule has 0 saturated carbocycles. The summed E-state index contributed by atoms with van der Waals surface area (Å²) in [4.78, 5) is 5.77. The largest absolute Gasteiger partial charge is 0.375 e. The molecule has 0 spiro atoms. The number of nitrogens with two attached hydrogens (primary N) is 1. The molecule has 1 rings (SSSR count). The molecule has 1 atom stereocenters. The second-order valence-electron chi connectivity index (χ2n) is 4.94. The third-order valence-electron chi connectivity index (χ3n) is 3.22.